The molecule has 0 aliphatic rings. The van der Waals surface area contributed by atoms with Crippen LogP contribution in [0.2, 0.25) is 0 Å². The molecule has 92 heavy (non-hydrogen) atoms. The Balaban J connectivity index is 5.21. The summed E-state index contributed by atoms with van der Waals surface area (Å²) in [5.41, 5.74) is 0. The summed E-state index contributed by atoms with van der Waals surface area (Å²) in [6.45, 7) is 14.1. The lowest BCUT2D eigenvalue weighted by Crippen LogP contribution is -2.30. The van der Waals surface area contributed by atoms with E-state index in [1.165, 1.54) is 154 Å². The van der Waals surface area contributed by atoms with Crippen molar-refractivity contribution in [3.8, 4) is 0 Å². The highest BCUT2D eigenvalue weighted by atomic mass is 31.2. The molecule has 0 radical (unpaired) electrons. The van der Waals surface area contributed by atoms with Crippen LogP contribution in [0.1, 0.15) is 364 Å². The maximum absolute atomic E-state index is 13.0. The Hall–Kier alpha value is -1.94. The van der Waals surface area contributed by atoms with Crippen molar-refractivity contribution < 1.29 is 80.2 Å². The van der Waals surface area contributed by atoms with Crippen LogP contribution in [0.5, 0.6) is 0 Å². The number of aliphatic hydroxyl groups is 1. The number of phosphoric ester groups is 2. The molecule has 0 aromatic rings. The highest BCUT2D eigenvalue weighted by Crippen LogP contribution is 2.45. The van der Waals surface area contributed by atoms with Gasteiger partial charge in [0.2, 0.25) is 0 Å². The molecule has 4 unspecified atom stereocenters. The fourth-order valence-corrected chi connectivity index (χ4v) is 12.5. The molecular formula is C73H142O17P2. The molecule has 0 heterocycles. The molecule has 0 bridgehead atoms. The monoisotopic (exact) mass is 1350 g/mol. The van der Waals surface area contributed by atoms with Crippen LogP contribution in [-0.4, -0.2) is 96.7 Å². The summed E-state index contributed by atoms with van der Waals surface area (Å²) >= 11 is 0. The van der Waals surface area contributed by atoms with Crippen molar-refractivity contribution in [3.05, 3.63) is 0 Å². The molecule has 0 aliphatic carbocycles. The molecule has 19 heteroatoms. The Morgan fingerprint density at radius 2 is 0.522 bits per heavy atom. The van der Waals surface area contributed by atoms with Gasteiger partial charge in [-0.15, -0.1) is 0 Å². The van der Waals surface area contributed by atoms with E-state index in [0.29, 0.717) is 31.6 Å². The summed E-state index contributed by atoms with van der Waals surface area (Å²) in [4.78, 5) is 72.6. The minimum atomic E-state index is -4.95. The summed E-state index contributed by atoms with van der Waals surface area (Å²) in [5.74, 6) is 0.905. The number of hydrogen-bond acceptors (Lipinski definition) is 15. The zero-order valence-electron chi connectivity index (χ0n) is 60.2. The average molecular weight is 1350 g/mol. The molecule has 0 aromatic carbocycles. The van der Waals surface area contributed by atoms with Crippen LogP contribution >= 0.6 is 15.6 Å². The van der Waals surface area contributed by atoms with Crippen LogP contribution in [0.15, 0.2) is 0 Å². The van der Waals surface area contributed by atoms with E-state index >= 15 is 0 Å². The minimum absolute atomic E-state index is 0.105. The molecule has 0 saturated carbocycles. The molecule has 3 N–H and O–H groups in total. The van der Waals surface area contributed by atoms with Crippen molar-refractivity contribution in [1.29, 1.82) is 0 Å². The lowest BCUT2D eigenvalue weighted by atomic mass is 9.99. The summed E-state index contributed by atoms with van der Waals surface area (Å²) in [6.07, 6.45) is 45.9. The molecule has 546 valence electrons. The van der Waals surface area contributed by atoms with E-state index < -0.39 is 97.5 Å². The second-order valence-electron chi connectivity index (χ2n) is 27.8. The Bertz CT molecular complexity index is 1820. The molecule has 0 fully saturated rings. The summed E-state index contributed by atoms with van der Waals surface area (Å²) in [7, 11) is -9.91. The first-order chi connectivity index (χ1) is 44.2. The zero-order valence-corrected chi connectivity index (χ0v) is 62.0. The third-order valence-corrected chi connectivity index (χ3v) is 19.4. The number of ether oxygens (including phenoxy) is 4. The number of aliphatic hydroxyl groups excluding tert-OH is 1. The topological polar surface area (TPSA) is 237 Å². The summed E-state index contributed by atoms with van der Waals surface area (Å²) in [5, 5.41) is 10.6. The molecule has 17 nitrogen and oxygen atoms in total. The van der Waals surface area contributed by atoms with Crippen LogP contribution < -0.4 is 0 Å². The van der Waals surface area contributed by atoms with Crippen LogP contribution in [-0.2, 0) is 65.4 Å². The van der Waals surface area contributed by atoms with E-state index in [1.807, 2.05) is 0 Å². The van der Waals surface area contributed by atoms with Crippen molar-refractivity contribution in [2.75, 3.05) is 39.6 Å². The van der Waals surface area contributed by atoms with Gasteiger partial charge in [-0.1, -0.05) is 312 Å². The van der Waals surface area contributed by atoms with E-state index in [9.17, 15) is 43.2 Å². The Kier molecular flexibility index (Phi) is 61.3. The molecule has 0 aromatic heterocycles. The maximum Gasteiger partial charge on any atom is 0.472 e. The predicted octanol–water partition coefficient (Wildman–Crippen LogP) is 20.9. The molecule has 0 amide bonds. The molecule has 0 rings (SSSR count). The quantitative estimate of drug-likeness (QED) is 0.0222. The van der Waals surface area contributed by atoms with Crippen molar-refractivity contribution in [2.24, 2.45) is 23.7 Å². The van der Waals surface area contributed by atoms with Crippen LogP contribution in [0.25, 0.3) is 0 Å². The first kappa shape index (κ1) is 90.1. The number of rotatable bonds is 70. The molecule has 0 spiro atoms. The van der Waals surface area contributed by atoms with E-state index in [0.717, 1.165) is 120 Å². The third-order valence-electron chi connectivity index (χ3n) is 17.5. The Labute approximate surface area is 562 Å². The second-order valence-corrected chi connectivity index (χ2v) is 30.7. The molecular weight excluding hydrogens is 1210 g/mol. The van der Waals surface area contributed by atoms with Gasteiger partial charge in [0.05, 0.1) is 26.4 Å². The van der Waals surface area contributed by atoms with Gasteiger partial charge in [-0.05, 0) is 49.4 Å². The normalized spacial score (nSPS) is 14.8. The number of carbonyl (C=O) groups is 4. The van der Waals surface area contributed by atoms with E-state index in [1.54, 1.807) is 0 Å². The zero-order chi connectivity index (χ0) is 68.2. The van der Waals surface area contributed by atoms with E-state index in [2.05, 4.69) is 55.4 Å². The van der Waals surface area contributed by atoms with Gasteiger partial charge in [-0.2, -0.15) is 0 Å². The molecule has 0 saturated heterocycles. The van der Waals surface area contributed by atoms with Gasteiger partial charge < -0.3 is 33.8 Å². The van der Waals surface area contributed by atoms with Crippen LogP contribution in [0, 0.1) is 23.7 Å². The van der Waals surface area contributed by atoms with Gasteiger partial charge in [-0.3, -0.25) is 37.3 Å². The first-order valence-corrected chi connectivity index (χ1v) is 40.8. The van der Waals surface area contributed by atoms with Crippen molar-refractivity contribution >= 4 is 39.5 Å². The van der Waals surface area contributed by atoms with Gasteiger partial charge in [0.15, 0.2) is 12.2 Å². The number of esters is 4. The van der Waals surface area contributed by atoms with Gasteiger partial charge in [0.1, 0.15) is 19.3 Å². The van der Waals surface area contributed by atoms with Crippen LogP contribution in [0.4, 0.5) is 0 Å². The molecule has 0 aliphatic heterocycles. The van der Waals surface area contributed by atoms with Gasteiger partial charge in [-0.25, -0.2) is 9.13 Å². The summed E-state index contributed by atoms with van der Waals surface area (Å²) in [6, 6.07) is 0. The fourth-order valence-electron chi connectivity index (χ4n) is 11.0. The second kappa shape index (κ2) is 62.6. The first-order valence-electron chi connectivity index (χ1n) is 37.8. The molecule has 7 atom stereocenters. The van der Waals surface area contributed by atoms with Gasteiger partial charge >= 0.3 is 39.5 Å². The van der Waals surface area contributed by atoms with E-state index in [-0.39, 0.29) is 25.7 Å². The summed E-state index contributed by atoms with van der Waals surface area (Å²) < 4.78 is 68.4. The van der Waals surface area contributed by atoms with Crippen molar-refractivity contribution in [2.45, 2.75) is 382 Å². The van der Waals surface area contributed by atoms with Crippen LogP contribution in [0.3, 0.4) is 0 Å². The Morgan fingerprint density at radius 1 is 0.304 bits per heavy atom. The minimum Gasteiger partial charge on any atom is -0.462 e. The maximum atomic E-state index is 13.0. The number of phosphoric acid groups is 2. The van der Waals surface area contributed by atoms with E-state index in [4.69, 9.17) is 37.0 Å². The fraction of sp³-hybridized carbons (Fsp3) is 0.945. The standard InChI is InChI=1S/C73H142O17P2/c1-9-65(7)51-43-35-26-22-18-13-11-12-14-19-23-27-39-47-55-72(77)90-69(60-84-71(76)54-46-38-32-30-36-44-52-66(8)10-2)62-88-92(81,82)86-58-67(74)57-85-91(79,80)87-61-68(59-83-70(75)53-45-37-31-29-34-42-50-64(5)6)89-73(78)56-48-40-28-24-20-16-15-17-21-25-33-41-49-63(3)4/h63-69,74H,9-62H2,1-8H3,(H,79,80)(H,81,82)/t65?,66?,67-,68+,69+/m0/s1. The average Bonchev–Trinajstić information content (AvgIpc) is 2.51. The van der Waals surface area contributed by atoms with Gasteiger partial charge in [0, 0.05) is 25.7 Å². The van der Waals surface area contributed by atoms with Gasteiger partial charge in [0.25, 0.3) is 0 Å². The number of unbranched alkanes of at least 4 members (excludes halogenated alkanes) is 34. The van der Waals surface area contributed by atoms with Crippen molar-refractivity contribution in [1.82, 2.24) is 0 Å². The lowest BCUT2D eigenvalue weighted by molar-refractivity contribution is -0.161. The number of hydrogen-bond donors (Lipinski definition) is 3. The third kappa shape index (κ3) is 64.1. The highest BCUT2D eigenvalue weighted by molar-refractivity contribution is 7.47. The highest BCUT2D eigenvalue weighted by Gasteiger charge is 2.30. The largest absolute Gasteiger partial charge is 0.472 e. The Morgan fingerprint density at radius 3 is 0.772 bits per heavy atom. The van der Waals surface area contributed by atoms with Crippen molar-refractivity contribution in [3.63, 3.8) is 0 Å². The SMILES string of the molecule is CCC(C)CCCCCCCCCCCCCCCCC(=O)O[C@H](COC(=O)CCCCCCCCC(C)CC)COP(=O)(O)OC[C@@H](O)COP(=O)(O)OC[C@@H](COC(=O)CCCCCCCCC(C)C)OC(=O)CCCCCCCCCCCCCCC(C)C. The lowest BCUT2D eigenvalue weighted by Gasteiger charge is -2.21. The smallest absolute Gasteiger partial charge is 0.462 e. The predicted molar refractivity (Wildman–Crippen MR) is 372 cm³/mol. The number of carbonyl (C=O) groups excluding carboxylic acids is 4.